The summed E-state index contributed by atoms with van der Waals surface area (Å²) >= 11 is 0. The number of hydrogen-bond acceptors (Lipinski definition) is 12. The van der Waals surface area contributed by atoms with Gasteiger partial charge < -0.3 is 29.9 Å². The Balaban J connectivity index is 1.31. The van der Waals surface area contributed by atoms with Gasteiger partial charge in [-0.25, -0.2) is 8.78 Å². The Labute approximate surface area is 329 Å². The minimum absolute atomic E-state index is 0.0557. The van der Waals surface area contributed by atoms with Crippen LogP contribution < -0.4 is 5.32 Å². The molecule has 8 saturated heterocycles. The summed E-state index contributed by atoms with van der Waals surface area (Å²) in [5.74, 6) is -4.37. The maximum atomic E-state index is 16.0. The largest absolute Gasteiger partial charge is 0.457 e. The first-order valence-electron chi connectivity index (χ1n) is 18.4. The Bertz CT molecular complexity index is 2250. The highest BCUT2D eigenvalue weighted by atomic mass is 33.1. The molecule has 18 heteroatoms. The van der Waals surface area contributed by atoms with E-state index in [1.54, 1.807) is 27.1 Å². The number of likely N-dealkylation sites (N-methyl/N-ethyl adjacent to an activating group) is 2. The van der Waals surface area contributed by atoms with Gasteiger partial charge >= 0.3 is 5.97 Å². The number of hydrogen-bond donors (Lipinski definition) is 2. The van der Waals surface area contributed by atoms with Crippen LogP contribution in [-0.4, -0.2) is 112 Å². The highest BCUT2D eigenvalue weighted by molar-refractivity contribution is 8.78. The van der Waals surface area contributed by atoms with Crippen molar-refractivity contribution in [2.75, 3.05) is 19.4 Å². The van der Waals surface area contributed by atoms with Gasteiger partial charge in [0.1, 0.15) is 23.9 Å². The number of amides is 4. The second-order valence-corrected chi connectivity index (χ2v) is 21.3. The molecule has 11 aliphatic rings. The third-order valence-corrected chi connectivity index (χ3v) is 21.8. The predicted molar refractivity (Wildman–Crippen MR) is 201 cm³/mol. The number of anilines is 1. The second kappa shape index (κ2) is 10.5. The van der Waals surface area contributed by atoms with E-state index in [0.717, 1.165) is 21.6 Å². The third kappa shape index (κ3) is 3.32. The molecule has 4 bridgehead atoms. The summed E-state index contributed by atoms with van der Waals surface area (Å²) in [5.41, 5.74) is -2.60. The lowest BCUT2D eigenvalue weighted by Crippen LogP contribution is -2.78. The number of carbonyl (C=O) groups excluding carboxylic acids is 5. The molecular formula is C37H35F2N5O7S4. The van der Waals surface area contributed by atoms with Crippen LogP contribution in [-0.2, 0) is 46.0 Å². The Hall–Kier alpha value is -3.19. The van der Waals surface area contributed by atoms with Crippen LogP contribution in [0.25, 0.3) is 0 Å². The smallest absolute Gasteiger partial charge is 0.309 e. The summed E-state index contributed by atoms with van der Waals surface area (Å²) in [6.07, 6.45) is -3.15. The summed E-state index contributed by atoms with van der Waals surface area (Å²) in [5, 5.41) is 17.2. The van der Waals surface area contributed by atoms with Gasteiger partial charge in [-0.05, 0) is 101 Å². The molecule has 0 unspecified atom stereocenters. The SMILES string of the molecule is CC[C@@]12SS[C@]3(C(=O)N1C)[C@@H](O)[C@]1([C@@]45c6cc(F)ccc6N[C@@H]4N4C(=O)[C@]6(CC)SS[C@]4(C(=O)N6C)[C@H]5OC(=O)C4CC4)c4cc(F)ccc4C[C@@H]1N3C2=O. The zero-order valence-corrected chi connectivity index (χ0v) is 33.2. The summed E-state index contributed by atoms with van der Waals surface area (Å²) in [7, 11) is 7.65. The van der Waals surface area contributed by atoms with E-state index >= 15 is 23.2 Å². The lowest BCUT2D eigenvalue weighted by molar-refractivity contribution is -0.174. The average Bonchev–Trinajstić information content (AvgIpc) is 3.80. The molecule has 2 aromatic carbocycles. The highest BCUT2D eigenvalue weighted by Crippen LogP contribution is 2.79. The number of fused-ring (bicyclic) bond motifs is 11. The normalized spacial score (nSPS) is 42.7. The van der Waals surface area contributed by atoms with Crippen molar-refractivity contribution in [2.24, 2.45) is 5.92 Å². The summed E-state index contributed by atoms with van der Waals surface area (Å²) in [4.78, 5) is 74.2. The van der Waals surface area contributed by atoms with Crippen molar-refractivity contribution < 1.29 is 42.6 Å². The van der Waals surface area contributed by atoms with Crippen molar-refractivity contribution in [3.05, 3.63) is 64.7 Å². The first-order valence-corrected chi connectivity index (χ1v) is 22.7. The number of aliphatic hydroxyl groups is 1. The zero-order chi connectivity index (χ0) is 38.6. The van der Waals surface area contributed by atoms with Crippen molar-refractivity contribution in [1.29, 1.82) is 0 Å². The van der Waals surface area contributed by atoms with Crippen LogP contribution in [0.5, 0.6) is 0 Å². The van der Waals surface area contributed by atoms with E-state index in [9.17, 15) is 14.7 Å². The van der Waals surface area contributed by atoms with E-state index in [1.807, 2.05) is 6.92 Å². The van der Waals surface area contributed by atoms with Gasteiger partial charge in [-0.1, -0.05) is 41.5 Å². The number of nitrogens with zero attached hydrogens (tertiary/aromatic N) is 4. The van der Waals surface area contributed by atoms with Gasteiger partial charge in [-0.15, -0.1) is 0 Å². The Kier molecular flexibility index (Phi) is 6.65. The van der Waals surface area contributed by atoms with E-state index in [-0.39, 0.29) is 30.4 Å². The number of nitrogens with one attached hydrogen (secondary N) is 1. The number of carbonyl (C=O) groups is 5. The van der Waals surface area contributed by atoms with Crippen LogP contribution in [0.1, 0.15) is 56.2 Å². The van der Waals surface area contributed by atoms with Crippen LogP contribution in [0.4, 0.5) is 14.5 Å². The quantitative estimate of drug-likeness (QED) is 0.337. The molecule has 2 aromatic rings. The molecule has 10 atom stereocenters. The van der Waals surface area contributed by atoms with Crippen molar-refractivity contribution in [1.82, 2.24) is 19.6 Å². The summed E-state index contributed by atoms with van der Waals surface area (Å²) in [6, 6.07) is 7.07. The minimum atomic E-state index is -1.99. The lowest BCUT2D eigenvalue weighted by atomic mass is 9.51. The maximum absolute atomic E-state index is 16.0. The van der Waals surface area contributed by atoms with Gasteiger partial charge in [0.2, 0.25) is 9.74 Å². The van der Waals surface area contributed by atoms with Crippen molar-refractivity contribution in [3.63, 3.8) is 0 Å². The standard InChI is InChI=1S/C37H35F2N5O7S4/c1-5-32-28(47)43-23-13-17-9-10-18(38)14-20(17)34(23,25(46)36(43,54-52-32)30(49)41(32)3)35-21-15-19(39)11-12-22(21)40-27(35)44-29(48)33(6-2)42(4)31(50)37(44,55-53-33)26(35)51-24(45)16-7-8-16/h9-12,14-16,23,25-27,40,46H,5-8,13H2,1-4H3/t23-,25-,26-,27+,32-,33-,34-,35+,36-,37-/m0/s1. The fourth-order valence-corrected chi connectivity index (χ4v) is 19.6. The molecule has 2 N–H and O–H groups in total. The third-order valence-electron chi connectivity index (χ3n) is 14.3. The number of aliphatic hydroxyl groups excluding tert-OH is 1. The predicted octanol–water partition coefficient (Wildman–Crippen LogP) is 3.52. The van der Waals surface area contributed by atoms with Crippen LogP contribution in [0, 0.1) is 17.6 Å². The Morgan fingerprint density at radius 2 is 1.40 bits per heavy atom. The number of benzene rings is 2. The van der Waals surface area contributed by atoms with E-state index in [2.05, 4.69) is 5.32 Å². The minimum Gasteiger partial charge on any atom is -0.457 e. The lowest BCUT2D eigenvalue weighted by Gasteiger charge is -2.59. The average molecular weight is 828 g/mol. The molecule has 55 heavy (non-hydrogen) atoms. The second-order valence-electron chi connectivity index (χ2n) is 16.1. The molecule has 9 aliphatic heterocycles. The molecule has 1 saturated carbocycles. The first-order chi connectivity index (χ1) is 26.2. The molecule has 12 nitrogen and oxygen atoms in total. The van der Waals surface area contributed by atoms with Crippen LogP contribution in [0.15, 0.2) is 36.4 Å². The van der Waals surface area contributed by atoms with Crippen LogP contribution in [0.3, 0.4) is 0 Å². The number of rotatable bonds is 5. The van der Waals surface area contributed by atoms with E-state index in [1.165, 1.54) is 71.5 Å². The Morgan fingerprint density at radius 3 is 2.04 bits per heavy atom. The molecule has 9 heterocycles. The molecule has 13 rings (SSSR count). The fourth-order valence-electron chi connectivity index (χ4n) is 11.7. The molecular weight excluding hydrogens is 793 g/mol. The molecule has 288 valence electrons. The van der Waals surface area contributed by atoms with Gasteiger partial charge in [-0.2, -0.15) is 0 Å². The topological polar surface area (TPSA) is 140 Å². The van der Waals surface area contributed by atoms with Crippen LogP contribution in [0.2, 0.25) is 0 Å². The van der Waals surface area contributed by atoms with Gasteiger partial charge in [0.15, 0.2) is 15.8 Å². The maximum Gasteiger partial charge on any atom is 0.309 e. The fraction of sp³-hybridized carbons (Fsp3) is 0.541. The summed E-state index contributed by atoms with van der Waals surface area (Å²) in [6.45, 7) is 3.61. The number of piperazine rings is 2. The molecule has 2 aliphatic carbocycles. The number of ether oxygens (including phenoxy) is 1. The van der Waals surface area contributed by atoms with Gasteiger partial charge in [-0.3, -0.25) is 28.9 Å². The molecule has 2 spiro atoms. The van der Waals surface area contributed by atoms with Crippen molar-refractivity contribution >= 4 is 78.5 Å². The van der Waals surface area contributed by atoms with Gasteiger partial charge in [0.05, 0.1) is 22.8 Å². The van der Waals surface area contributed by atoms with E-state index in [0.29, 0.717) is 24.1 Å². The zero-order valence-electron chi connectivity index (χ0n) is 30.0. The van der Waals surface area contributed by atoms with Crippen molar-refractivity contribution in [3.8, 4) is 0 Å². The Morgan fingerprint density at radius 1 is 0.818 bits per heavy atom. The number of halogens is 2. The molecule has 0 radical (unpaired) electrons. The first kappa shape index (κ1) is 35.0. The highest BCUT2D eigenvalue weighted by Gasteiger charge is 2.93. The summed E-state index contributed by atoms with van der Waals surface area (Å²) < 4.78 is 38.8. The molecule has 4 amide bonds. The van der Waals surface area contributed by atoms with Gasteiger partial charge in [0, 0.05) is 19.8 Å². The molecule has 0 aromatic heterocycles. The number of esters is 1. The van der Waals surface area contributed by atoms with Crippen molar-refractivity contribution in [2.45, 2.75) is 101 Å². The van der Waals surface area contributed by atoms with E-state index < -0.39 is 102 Å². The van der Waals surface area contributed by atoms with E-state index in [4.69, 9.17) is 4.74 Å². The van der Waals surface area contributed by atoms with Gasteiger partial charge in [0.25, 0.3) is 23.6 Å². The van der Waals surface area contributed by atoms with Crippen LogP contribution >= 0.6 is 43.2 Å². The molecule has 9 fully saturated rings. The monoisotopic (exact) mass is 827 g/mol.